The van der Waals surface area contributed by atoms with Crippen molar-refractivity contribution in [2.75, 3.05) is 4.90 Å². The van der Waals surface area contributed by atoms with Crippen molar-refractivity contribution in [3.63, 3.8) is 0 Å². The quantitative estimate of drug-likeness (QED) is 0.182. The van der Waals surface area contributed by atoms with E-state index in [0.29, 0.717) is 0 Å². The molecule has 0 spiro atoms. The minimum absolute atomic E-state index is 0.821. The SMILES string of the molecule is c1ccc(-c2ccc(N(c3ccc4ccccc4c3)c3cccc4c3Oc3ccccc3-c3cccc(-c5cccc6ccccc56)c3-4)cc2)cc1. The van der Waals surface area contributed by atoms with Gasteiger partial charge in [0, 0.05) is 28.1 Å². The first-order valence-electron chi connectivity index (χ1n) is 17.8. The lowest BCUT2D eigenvalue weighted by Gasteiger charge is -2.29. The number of benzene rings is 9. The molecule has 2 nitrogen and oxygen atoms in total. The first kappa shape index (κ1) is 30.0. The van der Waals surface area contributed by atoms with Gasteiger partial charge in [0.1, 0.15) is 5.75 Å². The third-order valence-electron chi connectivity index (χ3n) is 10.3. The summed E-state index contributed by atoms with van der Waals surface area (Å²) in [5.41, 5.74) is 12.3. The van der Waals surface area contributed by atoms with Gasteiger partial charge >= 0.3 is 0 Å². The lowest BCUT2D eigenvalue weighted by Crippen LogP contribution is -2.11. The van der Waals surface area contributed by atoms with Crippen LogP contribution < -0.4 is 9.64 Å². The Hall–Kier alpha value is -6.90. The van der Waals surface area contributed by atoms with Crippen molar-refractivity contribution in [2.24, 2.45) is 0 Å². The van der Waals surface area contributed by atoms with Crippen LogP contribution in [0, 0.1) is 0 Å². The minimum Gasteiger partial charge on any atom is -0.454 e. The van der Waals surface area contributed by atoms with E-state index < -0.39 is 0 Å². The molecule has 9 aromatic rings. The number of nitrogens with zero attached hydrogens (tertiary/aromatic N) is 1. The molecule has 0 unspecified atom stereocenters. The molecule has 1 aliphatic rings. The second kappa shape index (κ2) is 12.5. The van der Waals surface area contributed by atoms with Crippen molar-refractivity contribution in [2.45, 2.75) is 0 Å². The Morgan fingerprint density at radius 2 is 0.923 bits per heavy atom. The molecule has 0 aliphatic carbocycles. The van der Waals surface area contributed by atoms with Gasteiger partial charge in [-0.05, 0) is 85.8 Å². The van der Waals surface area contributed by atoms with E-state index in [0.717, 1.165) is 45.3 Å². The lowest BCUT2D eigenvalue weighted by molar-refractivity contribution is 0.489. The number of hydrogen-bond acceptors (Lipinski definition) is 2. The standard InChI is InChI=1S/C50H33NO/c1-2-13-34(14-3-1)36-27-30-39(31-28-36)51(40-32-29-35-15-4-5-17-38(35)33-40)47-25-12-24-46-49-44(42-21-10-18-37-16-6-7-19-41(37)42)22-11-23-45(49)43-20-8-9-26-48(43)52-50(46)47/h1-33H. The van der Waals surface area contributed by atoms with Crippen molar-refractivity contribution >= 4 is 38.6 Å². The third-order valence-corrected chi connectivity index (χ3v) is 10.3. The second-order valence-electron chi connectivity index (χ2n) is 13.3. The number of rotatable bonds is 5. The number of fused-ring (bicyclic) bond motifs is 7. The van der Waals surface area contributed by atoms with E-state index in [2.05, 4.69) is 205 Å². The van der Waals surface area contributed by atoms with E-state index in [1.165, 1.54) is 49.4 Å². The fraction of sp³-hybridized carbons (Fsp3) is 0. The monoisotopic (exact) mass is 663 g/mol. The van der Waals surface area contributed by atoms with E-state index in [-0.39, 0.29) is 0 Å². The molecule has 0 saturated carbocycles. The molecular formula is C50H33NO. The largest absolute Gasteiger partial charge is 0.454 e. The summed E-state index contributed by atoms with van der Waals surface area (Å²) in [5, 5.41) is 4.84. The number of hydrogen-bond donors (Lipinski definition) is 0. The topological polar surface area (TPSA) is 12.5 Å². The number of ether oxygens (including phenoxy) is 1. The zero-order chi connectivity index (χ0) is 34.4. The van der Waals surface area contributed by atoms with Gasteiger partial charge in [0.25, 0.3) is 0 Å². The minimum atomic E-state index is 0.821. The molecule has 0 amide bonds. The van der Waals surface area contributed by atoms with Crippen LogP contribution in [0.4, 0.5) is 17.1 Å². The predicted octanol–water partition coefficient (Wildman–Crippen LogP) is 14.2. The first-order chi connectivity index (χ1) is 25.8. The third kappa shape index (κ3) is 5.04. The summed E-state index contributed by atoms with van der Waals surface area (Å²) in [5.74, 6) is 1.66. The summed E-state index contributed by atoms with van der Waals surface area (Å²) in [6, 6.07) is 71.6. The molecule has 9 aromatic carbocycles. The Bertz CT molecular complexity index is 2760. The molecular weight excluding hydrogens is 631 g/mol. The molecule has 0 fully saturated rings. The molecule has 0 saturated heterocycles. The fourth-order valence-electron chi connectivity index (χ4n) is 7.82. The molecule has 52 heavy (non-hydrogen) atoms. The van der Waals surface area contributed by atoms with E-state index in [1.807, 2.05) is 0 Å². The molecule has 0 bridgehead atoms. The van der Waals surface area contributed by atoms with Crippen LogP contribution >= 0.6 is 0 Å². The van der Waals surface area contributed by atoms with Crippen LogP contribution in [-0.4, -0.2) is 0 Å². The number of para-hydroxylation sites is 2. The Kier molecular flexibility index (Phi) is 7.18. The zero-order valence-corrected chi connectivity index (χ0v) is 28.4. The van der Waals surface area contributed by atoms with Gasteiger partial charge in [0.05, 0.1) is 5.69 Å². The van der Waals surface area contributed by atoms with Crippen LogP contribution in [0.25, 0.3) is 66.1 Å². The van der Waals surface area contributed by atoms with Gasteiger partial charge in [-0.3, -0.25) is 0 Å². The highest BCUT2D eigenvalue weighted by atomic mass is 16.5. The average molecular weight is 664 g/mol. The van der Waals surface area contributed by atoms with Crippen molar-refractivity contribution in [3.8, 4) is 56.0 Å². The highest BCUT2D eigenvalue weighted by Gasteiger charge is 2.28. The molecule has 244 valence electrons. The lowest BCUT2D eigenvalue weighted by atomic mass is 9.86. The van der Waals surface area contributed by atoms with Crippen molar-refractivity contribution in [3.05, 3.63) is 200 Å². The first-order valence-corrected chi connectivity index (χ1v) is 17.8. The Balaban J connectivity index is 1.24. The Morgan fingerprint density at radius 3 is 1.79 bits per heavy atom. The van der Waals surface area contributed by atoms with Crippen LogP contribution in [0.2, 0.25) is 0 Å². The summed E-state index contributed by atoms with van der Waals surface area (Å²) in [4.78, 5) is 2.34. The van der Waals surface area contributed by atoms with Crippen LogP contribution in [-0.2, 0) is 0 Å². The maximum absolute atomic E-state index is 7.16. The van der Waals surface area contributed by atoms with Crippen LogP contribution in [0.5, 0.6) is 11.5 Å². The predicted molar refractivity (Wildman–Crippen MR) is 218 cm³/mol. The van der Waals surface area contributed by atoms with Crippen molar-refractivity contribution in [1.29, 1.82) is 0 Å². The Morgan fingerprint density at radius 1 is 0.346 bits per heavy atom. The molecule has 10 rings (SSSR count). The summed E-state index contributed by atoms with van der Waals surface area (Å²) in [6.07, 6.45) is 0. The van der Waals surface area contributed by atoms with E-state index in [4.69, 9.17) is 4.74 Å². The zero-order valence-electron chi connectivity index (χ0n) is 28.4. The van der Waals surface area contributed by atoms with Gasteiger partial charge in [-0.25, -0.2) is 0 Å². The fourth-order valence-corrected chi connectivity index (χ4v) is 7.82. The van der Waals surface area contributed by atoms with Crippen molar-refractivity contribution < 1.29 is 4.74 Å². The highest BCUT2D eigenvalue weighted by molar-refractivity contribution is 6.07. The Labute approximate surface area is 303 Å². The summed E-state index contributed by atoms with van der Waals surface area (Å²) >= 11 is 0. The maximum Gasteiger partial charge on any atom is 0.159 e. The maximum atomic E-state index is 7.16. The van der Waals surface area contributed by atoms with Crippen LogP contribution in [0.3, 0.4) is 0 Å². The van der Waals surface area contributed by atoms with Crippen LogP contribution in [0.1, 0.15) is 0 Å². The second-order valence-corrected chi connectivity index (χ2v) is 13.3. The molecule has 0 N–H and O–H groups in total. The summed E-state index contributed by atoms with van der Waals surface area (Å²) in [7, 11) is 0. The van der Waals surface area contributed by atoms with Gasteiger partial charge in [-0.15, -0.1) is 0 Å². The van der Waals surface area contributed by atoms with E-state index in [9.17, 15) is 0 Å². The smallest absolute Gasteiger partial charge is 0.159 e. The van der Waals surface area contributed by atoms with Gasteiger partial charge in [0.2, 0.25) is 0 Å². The molecule has 0 radical (unpaired) electrons. The van der Waals surface area contributed by atoms with Gasteiger partial charge < -0.3 is 9.64 Å². The molecule has 2 heteroatoms. The van der Waals surface area contributed by atoms with Gasteiger partial charge in [0.15, 0.2) is 5.75 Å². The van der Waals surface area contributed by atoms with Gasteiger partial charge in [-0.2, -0.15) is 0 Å². The molecule has 0 atom stereocenters. The van der Waals surface area contributed by atoms with Crippen LogP contribution in [0.15, 0.2) is 200 Å². The number of anilines is 3. The highest BCUT2D eigenvalue weighted by Crippen LogP contribution is 2.55. The van der Waals surface area contributed by atoms with Gasteiger partial charge in [-0.1, -0.05) is 164 Å². The van der Waals surface area contributed by atoms with E-state index in [1.54, 1.807) is 0 Å². The van der Waals surface area contributed by atoms with Crippen molar-refractivity contribution in [1.82, 2.24) is 0 Å². The normalized spacial score (nSPS) is 11.6. The summed E-state index contributed by atoms with van der Waals surface area (Å²) < 4.78 is 7.16. The molecule has 0 aromatic heterocycles. The molecule has 1 heterocycles. The van der Waals surface area contributed by atoms with E-state index >= 15 is 0 Å². The average Bonchev–Trinajstić information content (AvgIpc) is 3.36. The molecule has 1 aliphatic heterocycles. The summed E-state index contributed by atoms with van der Waals surface area (Å²) in [6.45, 7) is 0.